The van der Waals surface area contributed by atoms with Crippen LogP contribution in [-0.4, -0.2) is 28.0 Å². The lowest BCUT2D eigenvalue weighted by Crippen LogP contribution is -2.16. The molecule has 0 aliphatic heterocycles. The van der Waals surface area contributed by atoms with Gasteiger partial charge in [0.1, 0.15) is 5.25 Å². The van der Waals surface area contributed by atoms with Crippen molar-refractivity contribution in [2.45, 2.75) is 38.4 Å². The van der Waals surface area contributed by atoms with Crippen LogP contribution in [0.4, 0.5) is 5.69 Å². The minimum Gasteiger partial charge on any atom is -0.480 e. The SMILES string of the molecule is CCC(SCCCC(=O)Nc1cccc(C)c1)C(=O)O. The fraction of sp³-hybridized carbons (Fsp3) is 0.467. The molecule has 0 saturated carbocycles. The highest BCUT2D eigenvalue weighted by atomic mass is 32.2. The Balaban J connectivity index is 2.25. The molecule has 0 spiro atoms. The van der Waals surface area contributed by atoms with Gasteiger partial charge in [-0.2, -0.15) is 0 Å². The van der Waals surface area contributed by atoms with Gasteiger partial charge in [-0.3, -0.25) is 9.59 Å². The molecule has 2 N–H and O–H groups in total. The van der Waals surface area contributed by atoms with Crippen LogP contribution in [0.1, 0.15) is 31.7 Å². The van der Waals surface area contributed by atoms with E-state index in [9.17, 15) is 9.59 Å². The van der Waals surface area contributed by atoms with Crippen molar-refractivity contribution in [3.05, 3.63) is 29.8 Å². The molecule has 0 fully saturated rings. The average Bonchev–Trinajstić information content (AvgIpc) is 2.38. The molecule has 0 aliphatic carbocycles. The number of carbonyl (C=O) groups is 2. The molecule has 0 aliphatic rings. The molecule has 0 bridgehead atoms. The van der Waals surface area contributed by atoms with Crippen LogP contribution in [0, 0.1) is 6.92 Å². The summed E-state index contributed by atoms with van der Waals surface area (Å²) in [4.78, 5) is 22.6. The fourth-order valence-corrected chi connectivity index (χ4v) is 2.74. The average molecular weight is 295 g/mol. The van der Waals surface area contributed by atoms with Crippen LogP contribution in [0.25, 0.3) is 0 Å². The number of rotatable bonds is 8. The van der Waals surface area contributed by atoms with E-state index in [1.54, 1.807) is 0 Å². The Hall–Kier alpha value is -1.49. The zero-order chi connectivity index (χ0) is 15.0. The summed E-state index contributed by atoms with van der Waals surface area (Å²) in [6, 6.07) is 7.66. The molecule has 0 saturated heterocycles. The smallest absolute Gasteiger partial charge is 0.316 e. The van der Waals surface area contributed by atoms with Crippen molar-refractivity contribution in [2.75, 3.05) is 11.1 Å². The summed E-state index contributed by atoms with van der Waals surface area (Å²) in [5.74, 6) is -0.118. The number of carboxylic acid groups (broad SMARTS) is 1. The lowest BCUT2D eigenvalue weighted by atomic mass is 10.2. The van der Waals surface area contributed by atoms with Gasteiger partial charge in [-0.05, 0) is 43.2 Å². The van der Waals surface area contributed by atoms with E-state index in [0.717, 1.165) is 11.3 Å². The van der Waals surface area contributed by atoms with Gasteiger partial charge < -0.3 is 10.4 Å². The fourth-order valence-electron chi connectivity index (χ4n) is 1.77. The first kappa shape index (κ1) is 16.6. The molecule has 0 aromatic heterocycles. The summed E-state index contributed by atoms with van der Waals surface area (Å²) >= 11 is 1.40. The number of hydrogen-bond acceptors (Lipinski definition) is 3. The van der Waals surface area contributed by atoms with Crippen molar-refractivity contribution >= 4 is 29.3 Å². The first-order valence-electron chi connectivity index (χ1n) is 6.74. The number of carboxylic acids is 1. The number of aliphatic carboxylic acids is 1. The van der Waals surface area contributed by atoms with Crippen molar-refractivity contribution in [3.63, 3.8) is 0 Å². The summed E-state index contributed by atoms with van der Waals surface area (Å²) < 4.78 is 0. The summed E-state index contributed by atoms with van der Waals surface area (Å²) in [5.41, 5.74) is 1.91. The second-order valence-electron chi connectivity index (χ2n) is 4.63. The number of anilines is 1. The molecule has 0 radical (unpaired) electrons. The van der Waals surface area contributed by atoms with Gasteiger partial charge in [-0.1, -0.05) is 19.1 Å². The molecule has 1 aromatic carbocycles. The first-order chi connectivity index (χ1) is 9.52. The largest absolute Gasteiger partial charge is 0.480 e. The molecule has 1 unspecified atom stereocenters. The summed E-state index contributed by atoms with van der Waals surface area (Å²) in [6.45, 7) is 3.83. The number of benzene rings is 1. The lowest BCUT2D eigenvalue weighted by molar-refractivity contribution is -0.136. The molecule has 1 rings (SSSR count). The van der Waals surface area contributed by atoms with Crippen molar-refractivity contribution in [1.82, 2.24) is 0 Å². The second kappa shape index (κ2) is 8.64. The molecule has 1 atom stereocenters. The highest BCUT2D eigenvalue weighted by Gasteiger charge is 2.14. The molecule has 1 aromatic rings. The van der Waals surface area contributed by atoms with E-state index in [-0.39, 0.29) is 11.2 Å². The molecule has 1 amide bonds. The number of hydrogen-bond donors (Lipinski definition) is 2. The zero-order valence-corrected chi connectivity index (χ0v) is 12.7. The van der Waals surface area contributed by atoms with Crippen molar-refractivity contribution < 1.29 is 14.7 Å². The Bertz CT molecular complexity index is 462. The topological polar surface area (TPSA) is 66.4 Å². The van der Waals surface area contributed by atoms with E-state index in [1.165, 1.54) is 11.8 Å². The minimum absolute atomic E-state index is 0.0282. The van der Waals surface area contributed by atoms with Gasteiger partial charge in [0.05, 0.1) is 0 Å². The predicted molar refractivity (Wildman–Crippen MR) is 83.2 cm³/mol. The van der Waals surface area contributed by atoms with Gasteiger partial charge in [0.15, 0.2) is 0 Å². The van der Waals surface area contributed by atoms with Gasteiger partial charge in [-0.15, -0.1) is 11.8 Å². The molecule has 0 heterocycles. The van der Waals surface area contributed by atoms with Gasteiger partial charge in [-0.25, -0.2) is 0 Å². The molecular formula is C15H21NO3S. The van der Waals surface area contributed by atoms with Gasteiger partial charge in [0.25, 0.3) is 0 Å². The Morgan fingerprint density at radius 3 is 2.75 bits per heavy atom. The molecule has 5 heteroatoms. The summed E-state index contributed by atoms with van der Waals surface area (Å²) in [7, 11) is 0. The summed E-state index contributed by atoms with van der Waals surface area (Å²) in [5, 5.41) is 11.4. The standard InChI is InChI=1S/C15H21NO3S/c1-3-13(15(18)19)20-9-5-8-14(17)16-12-7-4-6-11(2)10-12/h4,6-7,10,13H,3,5,8-9H2,1-2H3,(H,16,17)(H,18,19). The summed E-state index contributed by atoms with van der Waals surface area (Å²) in [6.07, 6.45) is 1.71. The normalized spacial score (nSPS) is 11.9. The Morgan fingerprint density at radius 1 is 1.40 bits per heavy atom. The number of aryl methyl sites for hydroxylation is 1. The lowest BCUT2D eigenvalue weighted by Gasteiger charge is -2.09. The van der Waals surface area contributed by atoms with Crippen molar-refractivity contribution in [2.24, 2.45) is 0 Å². The molecule has 20 heavy (non-hydrogen) atoms. The molecule has 110 valence electrons. The van der Waals surface area contributed by atoms with E-state index >= 15 is 0 Å². The molecule has 4 nitrogen and oxygen atoms in total. The van der Waals surface area contributed by atoms with E-state index in [1.807, 2.05) is 38.1 Å². The monoisotopic (exact) mass is 295 g/mol. The second-order valence-corrected chi connectivity index (χ2v) is 5.94. The maximum Gasteiger partial charge on any atom is 0.316 e. The van der Waals surface area contributed by atoms with Gasteiger partial charge >= 0.3 is 5.97 Å². The highest BCUT2D eigenvalue weighted by molar-refractivity contribution is 8.00. The number of carbonyl (C=O) groups excluding carboxylic acids is 1. The third-order valence-electron chi connectivity index (χ3n) is 2.82. The zero-order valence-electron chi connectivity index (χ0n) is 11.9. The van der Waals surface area contributed by atoms with Crippen LogP contribution in [-0.2, 0) is 9.59 Å². The quantitative estimate of drug-likeness (QED) is 0.722. The van der Waals surface area contributed by atoms with Crippen LogP contribution in [0.5, 0.6) is 0 Å². The maximum absolute atomic E-state index is 11.7. The van der Waals surface area contributed by atoms with E-state index in [0.29, 0.717) is 25.0 Å². The Labute approximate surface area is 124 Å². The Morgan fingerprint density at radius 2 is 2.15 bits per heavy atom. The van der Waals surface area contributed by atoms with Crippen LogP contribution >= 0.6 is 11.8 Å². The van der Waals surface area contributed by atoms with Crippen molar-refractivity contribution in [1.29, 1.82) is 0 Å². The van der Waals surface area contributed by atoms with Crippen molar-refractivity contribution in [3.8, 4) is 0 Å². The maximum atomic E-state index is 11.7. The van der Waals surface area contributed by atoms with Gasteiger partial charge in [0, 0.05) is 12.1 Å². The predicted octanol–water partition coefficient (Wildman–Crippen LogP) is 3.31. The third-order valence-corrected chi connectivity index (χ3v) is 4.28. The van der Waals surface area contributed by atoms with E-state index < -0.39 is 5.97 Å². The number of amides is 1. The van der Waals surface area contributed by atoms with Crippen LogP contribution < -0.4 is 5.32 Å². The van der Waals surface area contributed by atoms with E-state index in [2.05, 4.69) is 5.32 Å². The molecular weight excluding hydrogens is 274 g/mol. The third kappa shape index (κ3) is 6.10. The van der Waals surface area contributed by atoms with Crippen LogP contribution in [0.15, 0.2) is 24.3 Å². The highest BCUT2D eigenvalue weighted by Crippen LogP contribution is 2.17. The Kier molecular flexibility index (Phi) is 7.15. The van der Waals surface area contributed by atoms with E-state index in [4.69, 9.17) is 5.11 Å². The number of thioether (sulfide) groups is 1. The first-order valence-corrected chi connectivity index (χ1v) is 7.78. The van der Waals surface area contributed by atoms with Crippen LogP contribution in [0.2, 0.25) is 0 Å². The minimum atomic E-state index is -0.776. The number of nitrogens with one attached hydrogen (secondary N) is 1. The van der Waals surface area contributed by atoms with Gasteiger partial charge in [0.2, 0.25) is 5.91 Å². The van der Waals surface area contributed by atoms with Crippen LogP contribution in [0.3, 0.4) is 0 Å².